The van der Waals surface area contributed by atoms with E-state index in [9.17, 15) is 24.1 Å². The Morgan fingerprint density at radius 1 is 1.21 bits per heavy atom. The SMILES string of the molecule is N#Cc1ncc(S[C@H]2OC(CO)[C@H](O)C(n3cc(-c4ccc(F)c(F)c4)nn3)C2O)cc1Cl. The van der Waals surface area contributed by atoms with Crippen LogP contribution in [0, 0.1) is 23.0 Å². The van der Waals surface area contributed by atoms with Crippen LogP contribution in [-0.2, 0) is 4.74 Å². The summed E-state index contributed by atoms with van der Waals surface area (Å²) in [4.78, 5) is 4.42. The number of aliphatic hydroxyl groups is 3. The van der Waals surface area contributed by atoms with Crippen LogP contribution < -0.4 is 0 Å². The summed E-state index contributed by atoms with van der Waals surface area (Å²) in [5, 5.41) is 48.3. The van der Waals surface area contributed by atoms with Crippen LogP contribution in [0.5, 0.6) is 0 Å². The number of pyridine rings is 1. The van der Waals surface area contributed by atoms with Gasteiger partial charge in [0.2, 0.25) is 0 Å². The molecule has 0 amide bonds. The Bertz CT molecular complexity index is 1210. The van der Waals surface area contributed by atoms with Crippen molar-refractivity contribution in [2.24, 2.45) is 0 Å². The average molecular weight is 496 g/mol. The molecule has 0 spiro atoms. The highest BCUT2D eigenvalue weighted by atomic mass is 35.5. The first kappa shape index (κ1) is 23.5. The van der Waals surface area contributed by atoms with E-state index in [4.69, 9.17) is 21.6 Å². The van der Waals surface area contributed by atoms with Crippen molar-refractivity contribution in [3.05, 3.63) is 59.0 Å². The first-order chi connectivity index (χ1) is 15.8. The lowest BCUT2D eigenvalue weighted by Gasteiger charge is -2.41. The standard InChI is InChI=1S/C20H16ClF2N5O4S/c21-11-4-10(6-25-14(11)5-24)33-20-19(31)17(18(30)16(8-29)32-20)28-7-15(26-27-28)9-1-2-12(22)13(23)3-9/h1-4,6-7,16-20,29-31H,8H2/t16?,17?,18-,19?,20+/m0/s1. The summed E-state index contributed by atoms with van der Waals surface area (Å²) in [7, 11) is 0. The molecule has 0 radical (unpaired) electrons. The van der Waals surface area contributed by atoms with E-state index in [1.807, 2.05) is 6.07 Å². The smallest absolute Gasteiger partial charge is 0.159 e. The summed E-state index contributed by atoms with van der Waals surface area (Å²) in [6.07, 6.45) is -0.999. The normalized spacial score (nSPS) is 25.1. The molecule has 0 aliphatic carbocycles. The summed E-state index contributed by atoms with van der Waals surface area (Å²) in [6.45, 7) is -0.543. The van der Waals surface area contributed by atoms with E-state index >= 15 is 0 Å². The molecule has 1 aromatic carbocycles. The van der Waals surface area contributed by atoms with Crippen molar-refractivity contribution in [2.45, 2.75) is 34.7 Å². The van der Waals surface area contributed by atoms with Gasteiger partial charge in [0.1, 0.15) is 41.6 Å². The Labute approximate surface area is 195 Å². The Morgan fingerprint density at radius 2 is 2.00 bits per heavy atom. The highest BCUT2D eigenvalue weighted by molar-refractivity contribution is 7.99. The molecular formula is C20H16ClF2N5O4S. The first-order valence-corrected chi connectivity index (χ1v) is 10.8. The van der Waals surface area contributed by atoms with E-state index in [-0.39, 0.29) is 22.0 Å². The summed E-state index contributed by atoms with van der Waals surface area (Å²) < 4.78 is 33.7. The van der Waals surface area contributed by atoms with Gasteiger partial charge in [0.05, 0.1) is 17.8 Å². The molecule has 3 aromatic rings. The number of halogens is 3. The predicted molar refractivity (Wildman–Crippen MR) is 112 cm³/mol. The van der Waals surface area contributed by atoms with E-state index in [0.29, 0.717) is 4.90 Å². The van der Waals surface area contributed by atoms with Gasteiger partial charge in [-0.25, -0.2) is 18.4 Å². The second-order valence-electron chi connectivity index (χ2n) is 7.14. The second-order valence-corrected chi connectivity index (χ2v) is 8.72. The molecule has 3 heterocycles. The van der Waals surface area contributed by atoms with Gasteiger partial charge in [-0.3, -0.25) is 0 Å². The van der Waals surface area contributed by atoms with Gasteiger partial charge in [-0.15, -0.1) is 5.10 Å². The number of nitriles is 1. The maximum absolute atomic E-state index is 13.6. The molecule has 1 aliphatic rings. The minimum Gasteiger partial charge on any atom is -0.394 e. The van der Waals surface area contributed by atoms with E-state index in [1.165, 1.54) is 29.2 Å². The molecule has 1 aliphatic heterocycles. The molecule has 2 aromatic heterocycles. The fraction of sp³-hybridized carbons (Fsp3) is 0.300. The number of aliphatic hydroxyl groups excluding tert-OH is 3. The quantitative estimate of drug-likeness (QED) is 0.484. The van der Waals surface area contributed by atoms with Crippen LogP contribution in [0.25, 0.3) is 11.3 Å². The second kappa shape index (κ2) is 9.68. The zero-order valence-corrected chi connectivity index (χ0v) is 18.2. The molecule has 3 unspecified atom stereocenters. The third-order valence-electron chi connectivity index (χ3n) is 5.05. The highest BCUT2D eigenvalue weighted by Gasteiger charge is 2.46. The molecule has 1 fully saturated rings. The van der Waals surface area contributed by atoms with Crippen molar-refractivity contribution in [3.63, 3.8) is 0 Å². The van der Waals surface area contributed by atoms with Gasteiger partial charge in [-0.1, -0.05) is 28.6 Å². The molecule has 5 atom stereocenters. The lowest BCUT2D eigenvalue weighted by Crippen LogP contribution is -2.55. The largest absolute Gasteiger partial charge is 0.394 e. The Morgan fingerprint density at radius 3 is 2.67 bits per heavy atom. The number of thioether (sulfide) groups is 1. The van der Waals surface area contributed by atoms with Crippen LogP contribution in [0.3, 0.4) is 0 Å². The van der Waals surface area contributed by atoms with Crippen molar-refractivity contribution in [1.29, 1.82) is 5.26 Å². The molecule has 172 valence electrons. The molecule has 4 rings (SSSR count). The summed E-state index contributed by atoms with van der Waals surface area (Å²) in [5.74, 6) is -2.07. The summed E-state index contributed by atoms with van der Waals surface area (Å²) in [6, 6.07) is 5.48. The fourth-order valence-corrected chi connectivity index (χ4v) is 4.73. The fourth-order valence-electron chi connectivity index (χ4n) is 3.39. The van der Waals surface area contributed by atoms with E-state index in [0.717, 1.165) is 23.9 Å². The van der Waals surface area contributed by atoms with Crippen molar-refractivity contribution in [1.82, 2.24) is 20.0 Å². The van der Waals surface area contributed by atoms with Crippen LogP contribution >= 0.6 is 23.4 Å². The Hall–Kier alpha value is -2.66. The van der Waals surface area contributed by atoms with Crippen LogP contribution in [0.15, 0.2) is 41.6 Å². The zero-order chi connectivity index (χ0) is 23.7. The topological polar surface area (TPSA) is 137 Å². The minimum absolute atomic E-state index is 0.0417. The van der Waals surface area contributed by atoms with Gasteiger partial charge >= 0.3 is 0 Å². The number of ether oxygens (including phenoxy) is 1. The van der Waals surface area contributed by atoms with Crippen molar-refractivity contribution < 1.29 is 28.8 Å². The number of aromatic nitrogens is 4. The molecule has 9 nitrogen and oxygen atoms in total. The van der Waals surface area contributed by atoms with Gasteiger partial charge < -0.3 is 20.1 Å². The third-order valence-corrected chi connectivity index (χ3v) is 6.46. The molecular weight excluding hydrogens is 480 g/mol. The van der Waals surface area contributed by atoms with Crippen LogP contribution in [-0.4, -0.2) is 65.7 Å². The van der Waals surface area contributed by atoms with Crippen molar-refractivity contribution in [2.75, 3.05) is 6.61 Å². The lowest BCUT2D eigenvalue weighted by atomic mass is 9.97. The zero-order valence-electron chi connectivity index (χ0n) is 16.6. The maximum Gasteiger partial charge on any atom is 0.159 e. The number of benzene rings is 1. The van der Waals surface area contributed by atoms with Crippen LogP contribution in [0.2, 0.25) is 5.02 Å². The van der Waals surface area contributed by atoms with Gasteiger partial charge in [0, 0.05) is 16.7 Å². The molecule has 3 N–H and O–H groups in total. The summed E-state index contributed by atoms with van der Waals surface area (Å²) >= 11 is 7.04. The van der Waals surface area contributed by atoms with Gasteiger partial charge in [-0.2, -0.15) is 5.26 Å². The Balaban J connectivity index is 1.62. The molecule has 1 saturated heterocycles. The first-order valence-electron chi connectivity index (χ1n) is 9.54. The predicted octanol–water partition coefficient (Wildman–Crippen LogP) is 1.92. The van der Waals surface area contributed by atoms with Gasteiger partial charge in [0.15, 0.2) is 17.3 Å². The highest BCUT2D eigenvalue weighted by Crippen LogP contribution is 2.38. The minimum atomic E-state index is -1.36. The van der Waals surface area contributed by atoms with E-state index < -0.39 is 48.0 Å². The van der Waals surface area contributed by atoms with E-state index in [1.54, 1.807) is 0 Å². The monoisotopic (exact) mass is 495 g/mol. The van der Waals surface area contributed by atoms with Gasteiger partial charge in [0.25, 0.3) is 0 Å². The maximum atomic E-state index is 13.6. The molecule has 0 bridgehead atoms. The molecule has 33 heavy (non-hydrogen) atoms. The van der Waals surface area contributed by atoms with Crippen LogP contribution in [0.4, 0.5) is 8.78 Å². The summed E-state index contributed by atoms with van der Waals surface area (Å²) in [5.41, 5.74) is -0.496. The van der Waals surface area contributed by atoms with E-state index in [2.05, 4.69) is 15.3 Å². The van der Waals surface area contributed by atoms with Crippen molar-refractivity contribution >= 4 is 23.4 Å². The van der Waals surface area contributed by atoms with Crippen molar-refractivity contribution in [3.8, 4) is 17.3 Å². The number of hydrogen-bond donors (Lipinski definition) is 3. The van der Waals surface area contributed by atoms with Gasteiger partial charge in [-0.05, 0) is 24.3 Å². The number of nitrogens with zero attached hydrogens (tertiary/aromatic N) is 5. The Kier molecular flexibility index (Phi) is 6.89. The number of rotatable bonds is 5. The number of hydrogen-bond acceptors (Lipinski definition) is 9. The molecule has 13 heteroatoms. The van der Waals surface area contributed by atoms with Crippen LogP contribution in [0.1, 0.15) is 11.7 Å². The lowest BCUT2D eigenvalue weighted by molar-refractivity contribution is -0.178. The third kappa shape index (κ3) is 4.70. The average Bonchev–Trinajstić information content (AvgIpc) is 3.27. The molecule has 0 saturated carbocycles.